The van der Waals surface area contributed by atoms with Gasteiger partial charge in [-0.2, -0.15) is 0 Å². The predicted molar refractivity (Wildman–Crippen MR) is 91.6 cm³/mol. The van der Waals surface area contributed by atoms with Crippen molar-refractivity contribution in [1.29, 1.82) is 0 Å². The van der Waals surface area contributed by atoms with Gasteiger partial charge >= 0.3 is 5.97 Å². The number of fused-ring (bicyclic) bond motifs is 2. The Balaban J connectivity index is 1.93. The maximum atomic E-state index is 12.1. The molecule has 4 heteroatoms. The van der Waals surface area contributed by atoms with Gasteiger partial charge in [-0.3, -0.25) is 9.69 Å². The molecule has 2 N–H and O–H groups in total. The van der Waals surface area contributed by atoms with E-state index in [0.717, 1.165) is 13.0 Å². The number of nitrogens with one attached hydrogen (secondary N) is 1. The Morgan fingerprint density at radius 2 is 2.22 bits per heavy atom. The third-order valence-electron chi connectivity index (χ3n) is 6.12. The van der Waals surface area contributed by atoms with Crippen molar-refractivity contribution in [3.63, 3.8) is 0 Å². The summed E-state index contributed by atoms with van der Waals surface area (Å²) in [5.74, 6) is -0.108. The monoisotopic (exact) mass is 312 g/mol. The van der Waals surface area contributed by atoms with Crippen LogP contribution in [-0.2, 0) is 4.79 Å². The Morgan fingerprint density at radius 1 is 1.43 bits per heavy atom. The van der Waals surface area contributed by atoms with Gasteiger partial charge < -0.3 is 10.4 Å². The van der Waals surface area contributed by atoms with Crippen LogP contribution in [0.15, 0.2) is 24.3 Å². The first-order chi connectivity index (χ1) is 10.9. The van der Waals surface area contributed by atoms with E-state index in [1.54, 1.807) is 0 Å². The molecule has 0 amide bonds. The lowest BCUT2D eigenvalue weighted by Gasteiger charge is -2.47. The second kappa shape index (κ2) is 4.84. The highest BCUT2D eigenvalue weighted by molar-refractivity contribution is 5.87. The molecule has 3 aliphatic rings. The molecule has 0 saturated carbocycles. The van der Waals surface area contributed by atoms with Crippen molar-refractivity contribution in [2.75, 3.05) is 25.5 Å². The fourth-order valence-corrected chi connectivity index (χ4v) is 4.69. The van der Waals surface area contributed by atoms with Gasteiger partial charge in [0.25, 0.3) is 0 Å². The Labute approximate surface area is 137 Å². The van der Waals surface area contributed by atoms with E-state index in [0.29, 0.717) is 18.5 Å². The minimum atomic E-state index is -0.803. The summed E-state index contributed by atoms with van der Waals surface area (Å²) in [5.41, 5.74) is 4.29. The van der Waals surface area contributed by atoms with Crippen LogP contribution >= 0.6 is 0 Å². The van der Waals surface area contributed by atoms with E-state index in [4.69, 9.17) is 0 Å². The van der Waals surface area contributed by atoms with Gasteiger partial charge in [0.05, 0.1) is 0 Å². The standard InChI is InChI=1S/C19H24N2O2/c1-11(2)19(18(22)23)8-14-13-5-4-6-15-17(13)12(9-20-15)7-16(14)21(3)10-19/h4-6,8,11-12,16,20H,7,9-10H2,1-3H3,(H,22,23)/t12?,16-,19-/m1/s1. The third-order valence-corrected chi connectivity index (χ3v) is 6.12. The van der Waals surface area contributed by atoms with Gasteiger partial charge in [0.1, 0.15) is 5.41 Å². The van der Waals surface area contributed by atoms with E-state index in [-0.39, 0.29) is 5.92 Å². The Kier molecular flexibility index (Phi) is 3.11. The maximum absolute atomic E-state index is 12.1. The van der Waals surface area contributed by atoms with Crippen molar-refractivity contribution in [2.24, 2.45) is 11.3 Å². The Hall–Kier alpha value is -1.81. The molecule has 0 bridgehead atoms. The van der Waals surface area contributed by atoms with E-state index in [2.05, 4.69) is 41.5 Å². The molecule has 4 nitrogen and oxygen atoms in total. The summed E-state index contributed by atoms with van der Waals surface area (Å²) in [5, 5.41) is 13.5. The van der Waals surface area contributed by atoms with Gasteiger partial charge in [-0.1, -0.05) is 32.1 Å². The number of hydrogen-bond donors (Lipinski definition) is 2. The van der Waals surface area contributed by atoms with Crippen LogP contribution in [0.4, 0.5) is 5.69 Å². The first kappa shape index (κ1) is 14.8. The number of benzene rings is 1. The Bertz CT molecular complexity index is 709. The first-order valence-corrected chi connectivity index (χ1v) is 8.47. The fraction of sp³-hybridized carbons (Fsp3) is 0.526. The van der Waals surface area contributed by atoms with Crippen LogP contribution < -0.4 is 5.32 Å². The second-order valence-electron chi connectivity index (χ2n) is 7.61. The molecule has 0 radical (unpaired) electrons. The van der Waals surface area contributed by atoms with E-state index in [9.17, 15) is 9.90 Å². The van der Waals surface area contributed by atoms with Crippen LogP contribution in [0.25, 0.3) is 5.57 Å². The molecule has 2 aliphatic heterocycles. The number of carboxylic acids is 1. The van der Waals surface area contributed by atoms with Crippen molar-refractivity contribution in [1.82, 2.24) is 4.90 Å². The Morgan fingerprint density at radius 3 is 2.91 bits per heavy atom. The van der Waals surface area contributed by atoms with Crippen LogP contribution in [0.2, 0.25) is 0 Å². The molecule has 1 unspecified atom stereocenters. The molecule has 1 aromatic rings. The van der Waals surface area contributed by atoms with Crippen molar-refractivity contribution < 1.29 is 9.90 Å². The van der Waals surface area contributed by atoms with Gasteiger partial charge in [-0.05, 0) is 42.2 Å². The lowest BCUT2D eigenvalue weighted by atomic mass is 9.67. The van der Waals surface area contributed by atoms with Crippen LogP contribution in [-0.4, -0.2) is 42.2 Å². The minimum Gasteiger partial charge on any atom is -0.481 e. The molecule has 2 heterocycles. The molecule has 0 saturated heterocycles. The number of rotatable bonds is 2. The average Bonchev–Trinajstić information content (AvgIpc) is 2.92. The number of hydrogen-bond acceptors (Lipinski definition) is 3. The van der Waals surface area contributed by atoms with E-state index in [1.807, 2.05) is 13.8 Å². The van der Waals surface area contributed by atoms with Gasteiger partial charge in [-0.15, -0.1) is 0 Å². The summed E-state index contributed by atoms with van der Waals surface area (Å²) < 4.78 is 0. The number of anilines is 1. The quantitative estimate of drug-likeness (QED) is 0.881. The topological polar surface area (TPSA) is 52.6 Å². The van der Waals surface area contributed by atoms with Crippen molar-refractivity contribution in [3.8, 4) is 0 Å². The lowest BCUT2D eigenvalue weighted by molar-refractivity contribution is -0.150. The summed E-state index contributed by atoms with van der Waals surface area (Å²) >= 11 is 0. The number of aliphatic carboxylic acids is 1. The molecule has 1 aliphatic carbocycles. The van der Waals surface area contributed by atoms with Crippen LogP contribution in [0.5, 0.6) is 0 Å². The van der Waals surface area contributed by atoms with Gasteiger partial charge in [0.15, 0.2) is 0 Å². The summed E-state index contributed by atoms with van der Waals surface area (Å²) in [7, 11) is 2.08. The first-order valence-electron chi connectivity index (χ1n) is 8.47. The highest BCUT2D eigenvalue weighted by Gasteiger charge is 2.48. The van der Waals surface area contributed by atoms with Gasteiger partial charge in [-0.25, -0.2) is 0 Å². The fourth-order valence-electron chi connectivity index (χ4n) is 4.69. The number of carboxylic acid groups (broad SMARTS) is 1. The number of nitrogens with zero attached hydrogens (tertiary/aromatic N) is 1. The molecule has 1 aromatic carbocycles. The highest BCUT2D eigenvalue weighted by atomic mass is 16.4. The maximum Gasteiger partial charge on any atom is 0.315 e. The molecule has 0 spiro atoms. The lowest BCUT2D eigenvalue weighted by Crippen LogP contribution is -2.52. The molecule has 0 fully saturated rings. The summed E-state index contributed by atoms with van der Waals surface area (Å²) in [6.07, 6.45) is 3.15. The van der Waals surface area contributed by atoms with Gasteiger partial charge in [0, 0.05) is 30.7 Å². The third kappa shape index (κ3) is 1.91. The van der Waals surface area contributed by atoms with E-state index < -0.39 is 11.4 Å². The molecule has 0 aromatic heterocycles. The predicted octanol–water partition coefficient (Wildman–Crippen LogP) is 3.02. The zero-order valence-corrected chi connectivity index (χ0v) is 14.0. The largest absolute Gasteiger partial charge is 0.481 e. The molecule has 4 rings (SSSR count). The summed E-state index contributed by atoms with van der Waals surface area (Å²) in [4.78, 5) is 14.4. The second-order valence-corrected chi connectivity index (χ2v) is 7.61. The molecular formula is C19H24N2O2. The SMILES string of the molecule is CC(C)[C@@]1(C(=O)O)C=C2c3cccc4c3C(CN4)C[C@H]2N(C)C1. The molecule has 3 atom stereocenters. The van der Waals surface area contributed by atoms with Crippen molar-refractivity contribution in [2.45, 2.75) is 32.2 Å². The normalized spacial score (nSPS) is 32.1. The van der Waals surface area contributed by atoms with E-state index in [1.165, 1.54) is 22.4 Å². The smallest absolute Gasteiger partial charge is 0.315 e. The number of carbonyl (C=O) groups is 1. The van der Waals surface area contributed by atoms with Crippen LogP contribution in [0, 0.1) is 11.3 Å². The van der Waals surface area contributed by atoms with Gasteiger partial charge in [0.2, 0.25) is 0 Å². The molecule has 23 heavy (non-hydrogen) atoms. The molecule has 122 valence electrons. The van der Waals surface area contributed by atoms with Crippen LogP contribution in [0.1, 0.15) is 37.3 Å². The zero-order chi connectivity index (χ0) is 16.4. The highest BCUT2D eigenvalue weighted by Crippen LogP contribution is 2.51. The molecular weight excluding hydrogens is 288 g/mol. The zero-order valence-electron chi connectivity index (χ0n) is 14.0. The van der Waals surface area contributed by atoms with Crippen molar-refractivity contribution >= 4 is 17.2 Å². The average molecular weight is 312 g/mol. The summed E-state index contributed by atoms with van der Waals surface area (Å²) in [6.45, 7) is 5.62. The minimum absolute atomic E-state index is 0.0588. The summed E-state index contributed by atoms with van der Waals surface area (Å²) in [6, 6.07) is 6.72. The van der Waals surface area contributed by atoms with Crippen LogP contribution in [0.3, 0.4) is 0 Å². The van der Waals surface area contributed by atoms with Crippen molar-refractivity contribution in [3.05, 3.63) is 35.4 Å². The van der Waals surface area contributed by atoms with E-state index >= 15 is 0 Å². The number of likely N-dealkylation sites (N-methyl/N-ethyl adjacent to an activating group) is 1.